The molecule has 1 aliphatic rings. The van der Waals surface area contributed by atoms with E-state index in [0.717, 1.165) is 11.3 Å². The van der Waals surface area contributed by atoms with Gasteiger partial charge in [-0.25, -0.2) is 14.6 Å². The summed E-state index contributed by atoms with van der Waals surface area (Å²) in [6.07, 6.45) is 1.56. The molecule has 0 aliphatic carbocycles. The minimum absolute atomic E-state index is 0.0553. The molecule has 2 aromatic carbocycles. The number of aromatic carboxylic acids is 1. The number of carboxylic acids is 1. The van der Waals surface area contributed by atoms with Crippen molar-refractivity contribution in [3.05, 3.63) is 99.8 Å². The average Bonchev–Trinajstić information content (AvgIpc) is 3.56. The molecule has 0 amide bonds. The fraction of sp³-hybridized carbons (Fsp3) is 0.200. The van der Waals surface area contributed by atoms with E-state index in [4.69, 9.17) is 30.2 Å². The van der Waals surface area contributed by atoms with Gasteiger partial charge in [-0.2, -0.15) is 0 Å². The highest BCUT2D eigenvalue weighted by Gasteiger charge is 2.35. The maximum absolute atomic E-state index is 14.0. The maximum Gasteiger partial charge on any atom is 0.338 e. The summed E-state index contributed by atoms with van der Waals surface area (Å²) in [7, 11) is 3.01. The molecule has 0 saturated heterocycles. The fourth-order valence-electron chi connectivity index (χ4n) is 4.72. The third-order valence-electron chi connectivity index (χ3n) is 6.69. The molecule has 0 fully saturated rings. The number of carboxylic acid groups (broad SMARTS) is 1. The standard InChI is InChI=1S/C30H24BrClN2O8S/c1-5-41-29(38)25-14(2)33-30-34(26(25)17-12-22(39-3)23(40-4)13-19(17)31)27(35)24(43-30)11-16-7-9-21(42-16)18-10-15(28(36)37)6-8-20(18)32/h6-13,26H,5H2,1-4H3,(H,36,37)/b24-11-/t26-/m0/s1. The molecule has 10 nitrogen and oxygen atoms in total. The zero-order valence-electron chi connectivity index (χ0n) is 23.3. The highest BCUT2D eigenvalue weighted by molar-refractivity contribution is 9.10. The van der Waals surface area contributed by atoms with E-state index in [0.29, 0.717) is 58.7 Å². The van der Waals surface area contributed by atoms with Gasteiger partial charge >= 0.3 is 11.9 Å². The number of thiazole rings is 1. The second-order valence-corrected chi connectivity index (χ2v) is 11.5. The number of carbonyl (C=O) groups is 2. The minimum Gasteiger partial charge on any atom is -0.493 e. The molecule has 0 radical (unpaired) electrons. The van der Waals surface area contributed by atoms with Gasteiger partial charge in [0.2, 0.25) is 0 Å². The molecule has 1 aliphatic heterocycles. The molecule has 0 saturated carbocycles. The molecule has 5 rings (SSSR count). The predicted molar refractivity (Wildman–Crippen MR) is 164 cm³/mol. The van der Waals surface area contributed by atoms with E-state index in [-0.39, 0.29) is 17.7 Å². The van der Waals surface area contributed by atoms with Crippen molar-refractivity contribution in [3.63, 3.8) is 0 Å². The molecular formula is C30H24BrClN2O8S. The largest absolute Gasteiger partial charge is 0.493 e. The second-order valence-electron chi connectivity index (χ2n) is 9.23. The molecule has 3 heterocycles. The Balaban J connectivity index is 1.67. The number of halogens is 2. The molecule has 0 bridgehead atoms. The Kier molecular flexibility index (Phi) is 8.63. The van der Waals surface area contributed by atoms with E-state index < -0.39 is 23.5 Å². The molecule has 0 unspecified atom stereocenters. The number of hydrogen-bond acceptors (Lipinski definition) is 9. The van der Waals surface area contributed by atoms with Crippen LogP contribution in [0.25, 0.3) is 17.4 Å². The van der Waals surface area contributed by atoms with Gasteiger partial charge in [-0.15, -0.1) is 0 Å². The SMILES string of the molecule is CCOC(=O)C1=C(C)N=c2s/c(=C\c3ccc(-c4cc(C(=O)O)ccc4Cl)o3)c(=O)n2[C@H]1c1cc(OC)c(OC)cc1Br. The number of benzene rings is 2. The van der Waals surface area contributed by atoms with Crippen molar-refractivity contribution in [2.75, 3.05) is 20.8 Å². The van der Waals surface area contributed by atoms with Crippen molar-refractivity contribution in [3.8, 4) is 22.8 Å². The highest BCUT2D eigenvalue weighted by atomic mass is 79.9. The van der Waals surface area contributed by atoms with Crippen LogP contribution in [0.4, 0.5) is 0 Å². The van der Waals surface area contributed by atoms with Gasteiger partial charge in [-0.1, -0.05) is 38.9 Å². The lowest BCUT2D eigenvalue weighted by Gasteiger charge is -2.26. The molecule has 4 aromatic rings. The number of rotatable bonds is 8. The first kappa shape index (κ1) is 30.3. The Morgan fingerprint density at radius 1 is 1.16 bits per heavy atom. The van der Waals surface area contributed by atoms with E-state index in [9.17, 15) is 19.5 Å². The normalized spacial score (nSPS) is 14.7. The monoisotopic (exact) mass is 686 g/mol. The molecule has 1 N–H and O–H groups in total. The number of allylic oxidation sites excluding steroid dienone is 1. The van der Waals surface area contributed by atoms with Crippen molar-refractivity contribution in [1.82, 2.24) is 4.57 Å². The van der Waals surface area contributed by atoms with Crippen molar-refractivity contribution >= 4 is 56.9 Å². The number of furan rings is 1. The number of carbonyl (C=O) groups excluding carboxylic acids is 1. The first-order valence-electron chi connectivity index (χ1n) is 12.8. The Morgan fingerprint density at radius 2 is 1.88 bits per heavy atom. The lowest BCUT2D eigenvalue weighted by Crippen LogP contribution is -2.40. The van der Waals surface area contributed by atoms with E-state index in [1.54, 1.807) is 44.2 Å². The molecular weight excluding hydrogens is 664 g/mol. The van der Waals surface area contributed by atoms with E-state index in [1.807, 2.05) is 0 Å². The van der Waals surface area contributed by atoms with E-state index >= 15 is 0 Å². The number of nitrogens with zero attached hydrogens (tertiary/aromatic N) is 2. The van der Waals surface area contributed by atoms with Crippen LogP contribution in [0.5, 0.6) is 11.5 Å². The Hall–Kier alpha value is -4.13. The number of hydrogen-bond donors (Lipinski definition) is 1. The first-order chi connectivity index (χ1) is 20.6. The molecule has 2 aromatic heterocycles. The Labute approximate surface area is 262 Å². The van der Waals surface area contributed by atoms with Gasteiger partial charge in [-0.3, -0.25) is 9.36 Å². The van der Waals surface area contributed by atoms with Crippen LogP contribution in [0, 0.1) is 0 Å². The highest BCUT2D eigenvalue weighted by Crippen LogP contribution is 2.41. The van der Waals surface area contributed by atoms with Gasteiger partial charge in [0.25, 0.3) is 5.56 Å². The minimum atomic E-state index is -1.10. The lowest BCUT2D eigenvalue weighted by molar-refractivity contribution is -0.139. The summed E-state index contributed by atoms with van der Waals surface area (Å²) in [6.45, 7) is 3.53. The fourth-order valence-corrected chi connectivity index (χ4v) is 6.49. The lowest BCUT2D eigenvalue weighted by atomic mass is 9.95. The number of methoxy groups -OCH3 is 2. The van der Waals surface area contributed by atoms with Crippen LogP contribution in [-0.2, 0) is 9.53 Å². The molecule has 222 valence electrons. The average molecular weight is 688 g/mol. The first-order valence-corrected chi connectivity index (χ1v) is 14.8. The van der Waals surface area contributed by atoms with Gasteiger partial charge < -0.3 is 23.7 Å². The smallest absolute Gasteiger partial charge is 0.338 e. The zero-order valence-corrected chi connectivity index (χ0v) is 26.4. The van der Waals surface area contributed by atoms with Gasteiger partial charge in [0, 0.05) is 16.1 Å². The van der Waals surface area contributed by atoms with E-state index in [1.165, 1.54) is 37.0 Å². The number of esters is 1. The number of fused-ring (bicyclic) bond motifs is 1. The van der Waals surface area contributed by atoms with Crippen LogP contribution in [0.2, 0.25) is 5.02 Å². The number of aromatic nitrogens is 1. The maximum atomic E-state index is 14.0. The molecule has 0 spiro atoms. The van der Waals surface area contributed by atoms with Crippen LogP contribution < -0.4 is 24.4 Å². The van der Waals surface area contributed by atoms with Gasteiger partial charge in [0.1, 0.15) is 11.5 Å². The van der Waals surface area contributed by atoms with Crippen molar-refractivity contribution in [1.29, 1.82) is 0 Å². The van der Waals surface area contributed by atoms with Crippen molar-refractivity contribution in [2.24, 2.45) is 4.99 Å². The Morgan fingerprint density at radius 3 is 2.56 bits per heavy atom. The predicted octanol–water partition coefficient (Wildman–Crippen LogP) is 5.19. The summed E-state index contributed by atoms with van der Waals surface area (Å²) in [5.41, 5.74) is 1.23. The summed E-state index contributed by atoms with van der Waals surface area (Å²) in [5.74, 6) is -0.150. The molecule has 13 heteroatoms. The van der Waals surface area contributed by atoms with Crippen LogP contribution >= 0.6 is 38.9 Å². The van der Waals surface area contributed by atoms with Crippen LogP contribution in [0.3, 0.4) is 0 Å². The zero-order chi connectivity index (χ0) is 31.0. The summed E-state index contributed by atoms with van der Waals surface area (Å²) in [5, 5.41) is 9.68. The third kappa shape index (κ3) is 5.65. The number of ether oxygens (including phenoxy) is 3. The van der Waals surface area contributed by atoms with Crippen LogP contribution in [-0.4, -0.2) is 42.4 Å². The topological polar surface area (TPSA) is 130 Å². The molecule has 1 atom stereocenters. The van der Waals surface area contributed by atoms with Crippen LogP contribution in [0.15, 0.2) is 72.4 Å². The summed E-state index contributed by atoms with van der Waals surface area (Å²) in [4.78, 5) is 43.6. The van der Waals surface area contributed by atoms with Gasteiger partial charge in [-0.05, 0) is 61.9 Å². The second kappa shape index (κ2) is 12.2. The summed E-state index contributed by atoms with van der Waals surface area (Å²) < 4.78 is 24.6. The van der Waals surface area contributed by atoms with Crippen LogP contribution in [0.1, 0.15) is 41.6 Å². The molecule has 43 heavy (non-hydrogen) atoms. The van der Waals surface area contributed by atoms with Gasteiger partial charge in [0.15, 0.2) is 16.3 Å². The Bertz CT molecular complexity index is 1990. The summed E-state index contributed by atoms with van der Waals surface area (Å²) in [6, 6.07) is 10.1. The third-order valence-corrected chi connectivity index (χ3v) is 8.69. The summed E-state index contributed by atoms with van der Waals surface area (Å²) >= 11 is 11.0. The quantitative estimate of drug-likeness (QED) is 0.251. The van der Waals surface area contributed by atoms with E-state index in [2.05, 4.69) is 20.9 Å². The van der Waals surface area contributed by atoms with Gasteiger partial charge in [0.05, 0.1) is 53.3 Å². The van der Waals surface area contributed by atoms with Crippen molar-refractivity contribution in [2.45, 2.75) is 19.9 Å². The van der Waals surface area contributed by atoms with Crippen molar-refractivity contribution < 1.29 is 33.3 Å².